The van der Waals surface area contributed by atoms with E-state index >= 15 is 0 Å². The molecule has 1 fully saturated rings. The fourth-order valence-electron chi connectivity index (χ4n) is 2.31. The molecule has 1 saturated heterocycles. The quantitative estimate of drug-likeness (QED) is 0.803. The van der Waals surface area contributed by atoms with Crippen LogP contribution in [0.15, 0.2) is 24.3 Å². The molecule has 1 atom stereocenters. The van der Waals surface area contributed by atoms with Crippen molar-refractivity contribution in [1.29, 1.82) is 0 Å². The van der Waals surface area contributed by atoms with Crippen LogP contribution in [0.1, 0.15) is 6.42 Å². The Kier molecular flexibility index (Phi) is 4.57. The predicted octanol–water partition coefficient (Wildman–Crippen LogP) is 0.136. The summed E-state index contributed by atoms with van der Waals surface area (Å²) in [4.78, 5) is 25.5. The summed E-state index contributed by atoms with van der Waals surface area (Å²) in [5.74, 6) is 0.384. The minimum atomic E-state index is -0.458. The Hall–Kier alpha value is -2.08. The summed E-state index contributed by atoms with van der Waals surface area (Å²) in [5.41, 5.74) is 0.741. The molecule has 1 aliphatic heterocycles. The molecule has 108 valence electrons. The molecule has 1 aromatic carbocycles. The van der Waals surface area contributed by atoms with Gasteiger partial charge in [-0.05, 0) is 25.6 Å². The first-order chi connectivity index (χ1) is 9.67. The monoisotopic (exact) mass is 277 g/mol. The van der Waals surface area contributed by atoms with Gasteiger partial charge in [0.25, 0.3) is 0 Å². The third kappa shape index (κ3) is 2.91. The zero-order valence-electron chi connectivity index (χ0n) is 11.7. The van der Waals surface area contributed by atoms with Crippen molar-refractivity contribution in [2.24, 2.45) is 0 Å². The Bertz CT molecular complexity index is 504. The van der Waals surface area contributed by atoms with Crippen LogP contribution >= 0.6 is 0 Å². The molecule has 2 rings (SSSR count). The van der Waals surface area contributed by atoms with Crippen molar-refractivity contribution in [3.05, 3.63) is 24.3 Å². The van der Waals surface area contributed by atoms with Gasteiger partial charge in [0.15, 0.2) is 0 Å². The lowest BCUT2D eigenvalue weighted by Gasteiger charge is -2.19. The zero-order valence-corrected chi connectivity index (χ0v) is 11.7. The Labute approximate surface area is 118 Å². The van der Waals surface area contributed by atoms with E-state index in [0.717, 1.165) is 5.69 Å². The van der Waals surface area contributed by atoms with Crippen LogP contribution < -0.4 is 20.3 Å². The summed E-state index contributed by atoms with van der Waals surface area (Å²) in [7, 11) is 3.27. The van der Waals surface area contributed by atoms with E-state index in [0.29, 0.717) is 18.7 Å². The Balaban J connectivity index is 2.09. The third-order valence-electron chi connectivity index (χ3n) is 3.25. The minimum absolute atomic E-state index is 0.0982. The fourth-order valence-corrected chi connectivity index (χ4v) is 2.31. The summed E-state index contributed by atoms with van der Waals surface area (Å²) < 4.78 is 5.27. The second kappa shape index (κ2) is 6.38. The summed E-state index contributed by atoms with van der Waals surface area (Å²) >= 11 is 0. The number of rotatable bonds is 5. The predicted molar refractivity (Wildman–Crippen MR) is 75.8 cm³/mol. The molecule has 20 heavy (non-hydrogen) atoms. The number of benzene rings is 1. The van der Waals surface area contributed by atoms with Gasteiger partial charge in [0.1, 0.15) is 11.8 Å². The first-order valence-corrected chi connectivity index (χ1v) is 6.55. The number of carbonyl (C=O) groups is 2. The largest absolute Gasteiger partial charge is 0.495 e. The van der Waals surface area contributed by atoms with Crippen molar-refractivity contribution in [2.45, 2.75) is 12.5 Å². The molecule has 0 spiro atoms. The van der Waals surface area contributed by atoms with Crippen LogP contribution in [0.25, 0.3) is 0 Å². The highest BCUT2D eigenvalue weighted by molar-refractivity contribution is 6.02. The summed E-state index contributed by atoms with van der Waals surface area (Å²) in [6, 6.07) is 6.91. The van der Waals surface area contributed by atoms with Gasteiger partial charge in [-0.15, -0.1) is 0 Å². The fraction of sp³-hybridized carbons (Fsp3) is 0.429. The summed E-state index contributed by atoms with van der Waals surface area (Å²) in [5, 5.41) is 5.49. The number of nitrogens with one attached hydrogen (secondary N) is 2. The van der Waals surface area contributed by atoms with Crippen molar-refractivity contribution in [1.82, 2.24) is 10.6 Å². The molecule has 1 aliphatic rings. The summed E-state index contributed by atoms with van der Waals surface area (Å²) in [6.07, 6.45) is 0.604. The van der Waals surface area contributed by atoms with Crippen molar-refractivity contribution < 1.29 is 14.3 Å². The maximum atomic E-state index is 12.3. The van der Waals surface area contributed by atoms with E-state index in [1.807, 2.05) is 24.3 Å². The lowest BCUT2D eigenvalue weighted by molar-refractivity contribution is -0.125. The van der Waals surface area contributed by atoms with Crippen LogP contribution in [0.2, 0.25) is 0 Å². The zero-order chi connectivity index (χ0) is 14.5. The van der Waals surface area contributed by atoms with Crippen LogP contribution in [-0.4, -0.2) is 45.1 Å². The van der Waals surface area contributed by atoms with E-state index in [4.69, 9.17) is 4.74 Å². The number of anilines is 1. The second-order valence-corrected chi connectivity index (χ2v) is 4.60. The Morgan fingerprint density at radius 2 is 2.20 bits per heavy atom. The molecule has 0 aromatic heterocycles. The molecule has 0 saturated carbocycles. The second-order valence-electron chi connectivity index (χ2n) is 4.60. The topological polar surface area (TPSA) is 70.7 Å². The average molecular weight is 277 g/mol. The van der Waals surface area contributed by atoms with Gasteiger partial charge in [-0.3, -0.25) is 9.59 Å². The van der Waals surface area contributed by atoms with Crippen molar-refractivity contribution in [2.75, 3.05) is 32.1 Å². The molecular weight excluding hydrogens is 258 g/mol. The molecule has 2 N–H and O–H groups in total. The number of hydrogen-bond acceptors (Lipinski definition) is 4. The normalized spacial score (nSPS) is 18.2. The molecule has 6 nitrogen and oxygen atoms in total. The molecule has 0 radical (unpaired) electrons. The third-order valence-corrected chi connectivity index (χ3v) is 3.25. The molecular formula is C14H19N3O3. The standard InChI is InChI=1S/C14H19N3O3/c1-15-9-13(18)16-10-7-8-17(14(10)19)11-5-3-4-6-12(11)20-2/h3-6,10,15H,7-9H2,1-2H3,(H,16,18). The van der Waals surface area contributed by atoms with Crippen LogP contribution in [0.3, 0.4) is 0 Å². The average Bonchev–Trinajstić information content (AvgIpc) is 2.80. The van der Waals surface area contributed by atoms with Gasteiger partial charge in [0, 0.05) is 6.54 Å². The molecule has 0 bridgehead atoms. The van der Waals surface area contributed by atoms with Gasteiger partial charge in [0.05, 0.1) is 19.3 Å². The molecule has 1 aromatic rings. The molecule has 0 aliphatic carbocycles. The van der Waals surface area contributed by atoms with Gasteiger partial charge < -0.3 is 20.3 Å². The number of amides is 2. The van der Waals surface area contributed by atoms with Gasteiger partial charge >= 0.3 is 0 Å². The maximum Gasteiger partial charge on any atom is 0.249 e. The lowest BCUT2D eigenvalue weighted by Crippen LogP contribution is -2.44. The lowest BCUT2D eigenvalue weighted by atomic mass is 10.2. The van der Waals surface area contributed by atoms with Crippen LogP contribution in [-0.2, 0) is 9.59 Å². The molecule has 2 amide bonds. The Morgan fingerprint density at radius 1 is 1.45 bits per heavy atom. The number of likely N-dealkylation sites (N-methyl/N-ethyl adjacent to an activating group) is 1. The highest BCUT2D eigenvalue weighted by atomic mass is 16.5. The molecule has 1 unspecified atom stereocenters. The number of para-hydroxylation sites is 2. The number of ether oxygens (including phenoxy) is 1. The summed E-state index contributed by atoms with van der Waals surface area (Å²) in [6.45, 7) is 0.780. The number of carbonyl (C=O) groups excluding carboxylic acids is 2. The SMILES string of the molecule is CNCC(=O)NC1CCN(c2ccccc2OC)C1=O. The van der Waals surface area contributed by atoms with Crippen molar-refractivity contribution in [3.8, 4) is 5.75 Å². The van der Waals surface area contributed by atoms with E-state index in [2.05, 4.69) is 10.6 Å². The van der Waals surface area contributed by atoms with Crippen molar-refractivity contribution >= 4 is 17.5 Å². The van der Waals surface area contributed by atoms with E-state index in [1.54, 1.807) is 19.1 Å². The van der Waals surface area contributed by atoms with Crippen molar-refractivity contribution in [3.63, 3.8) is 0 Å². The van der Waals surface area contributed by atoms with Gasteiger partial charge in [0.2, 0.25) is 11.8 Å². The van der Waals surface area contributed by atoms with Gasteiger partial charge in [-0.1, -0.05) is 12.1 Å². The van der Waals surface area contributed by atoms with Crippen LogP contribution in [0.4, 0.5) is 5.69 Å². The van der Waals surface area contributed by atoms with Crippen LogP contribution in [0.5, 0.6) is 5.75 Å². The molecule has 1 heterocycles. The van der Waals surface area contributed by atoms with E-state index < -0.39 is 6.04 Å². The molecule has 6 heteroatoms. The van der Waals surface area contributed by atoms with E-state index in [-0.39, 0.29) is 18.4 Å². The highest BCUT2D eigenvalue weighted by Gasteiger charge is 2.34. The minimum Gasteiger partial charge on any atom is -0.495 e. The first-order valence-electron chi connectivity index (χ1n) is 6.55. The van der Waals surface area contributed by atoms with E-state index in [9.17, 15) is 9.59 Å². The van der Waals surface area contributed by atoms with E-state index in [1.165, 1.54) is 0 Å². The smallest absolute Gasteiger partial charge is 0.249 e. The maximum absolute atomic E-state index is 12.3. The number of hydrogen-bond donors (Lipinski definition) is 2. The Morgan fingerprint density at radius 3 is 2.90 bits per heavy atom. The van der Waals surface area contributed by atoms with Gasteiger partial charge in [-0.25, -0.2) is 0 Å². The number of methoxy groups -OCH3 is 1. The highest BCUT2D eigenvalue weighted by Crippen LogP contribution is 2.30. The first kappa shape index (κ1) is 14.3. The van der Waals surface area contributed by atoms with Crippen LogP contribution in [0, 0.1) is 0 Å². The number of nitrogens with zero attached hydrogens (tertiary/aromatic N) is 1. The van der Waals surface area contributed by atoms with Gasteiger partial charge in [-0.2, -0.15) is 0 Å².